The van der Waals surface area contributed by atoms with Crippen molar-refractivity contribution in [3.05, 3.63) is 70.6 Å². The van der Waals surface area contributed by atoms with Crippen LogP contribution in [0.4, 0.5) is 5.69 Å². The van der Waals surface area contributed by atoms with E-state index in [-0.39, 0.29) is 5.91 Å². The summed E-state index contributed by atoms with van der Waals surface area (Å²) < 4.78 is 11.9. The monoisotopic (exact) mass is 425 g/mol. The molecule has 1 aliphatic heterocycles. The number of carbonyl (C=O) groups excluding carboxylic acids is 1. The summed E-state index contributed by atoms with van der Waals surface area (Å²) in [5, 5.41) is 0. The Labute approximate surface area is 181 Å². The lowest BCUT2D eigenvalue weighted by Gasteiger charge is -2.17. The van der Waals surface area contributed by atoms with Crippen LogP contribution in [0.25, 0.3) is 6.08 Å². The lowest BCUT2D eigenvalue weighted by molar-refractivity contribution is -0.113. The number of nitrogens with zero attached hydrogens (tertiary/aromatic N) is 1. The van der Waals surface area contributed by atoms with Crippen LogP contribution in [0.5, 0.6) is 11.5 Å². The van der Waals surface area contributed by atoms with Gasteiger partial charge in [-0.3, -0.25) is 9.69 Å². The summed E-state index contributed by atoms with van der Waals surface area (Å²) >= 11 is 6.80. The number of carbonyl (C=O) groups is 1. The van der Waals surface area contributed by atoms with E-state index in [1.807, 2.05) is 63.2 Å². The van der Waals surface area contributed by atoms with Crippen molar-refractivity contribution in [2.45, 2.75) is 20.8 Å². The molecule has 29 heavy (non-hydrogen) atoms. The van der Waals surface area contributed by atoms with Gasteiger partial charge >= 0.3 is 0 Å². The van der Waals surface area contributed by atoms with Gasteiger partial charge in [-0.1, -0.05) is 60.4 Å². The van der Waals surface area contributed by atoms with Crippen LogP contribution in [0.1, 0.15) is 23.6 Å². The van der Waals surface area contributed by atoms with Gasteiger partial charge in [0.15, 0.2) is 15.8 Å². The summed E-state index contributed by atoms with van der Waals surface area (Å²) in [7, 11) is 0. The fraction of sp³-hybridized carbons (Fsp3) is 0.217. The first-order chi connectivity index (χ1) is 13.9. The van der Waals surface area contributed by atoms with Crippen molar-refractivity contribution in [3.8, 4) is 11.5 Å². The minimum absolute atomic E-state index is 0.114. The minimum atomic E-state index is -0.114. The third kappa shape index (κ3) is 4.71. The molecule has 0 spiro atoms. The molecule has 0 N–H and O–H groups in total. The number of hydrogen-bond donors (Lipinski definition) is 0. The van der Waals surface area contributed by atoms with Crippen molar-refractivity contribution < 1.29 is 14.3 Å². The second kappa shape index (κ2) is 9.29. The maximum atomic E-state index is 13.1. The molecule has 0 aromatic heterocycles. The van der Waals surface area contributed by atoms with Gasteiger partial charge in [0, 0.05) is 0 Å². The molecule has 150 valence electrons. The zero-order valence-electron chi connectivity index (χ0n) is 16.7. The molecule has 2 aromatic rings. The predicted octanol–water partition coefficient (Wildman–Crippen LogP) is 5.67. The highest BCUT2D eigenvalue weighted by molar-refractivity contribution is 8.27. The van der Waals surface area contributed by atoms with Crippen molar-refractivity contribution in [1.82, 2.24) is 0 Å². The lowest BCUT2D eigenvalue weighted by atomic mass is 10.1. The molecule has 1 heterocycles. The minimum Gasteiger partial charge on any atom is -0.490 e. The number of ether oxygens (including phenoxy) is 2. The average molecular weight is 426 g/mol. The Morgan fingerprint density at radius 2 is 1.93 bits per heavy atom. The van der Waals surface area contributed by atoms with Gasteiger partial charge < -0.3 is 9.47 Å². The van der Waals surface area contributed by atoms with Crippen LogP contribution in [-0.4, -0.2) is 23.4 Å². The molecular weight excluding hydrogens is 402 g/mol. The Kier molecular flexibility index (Phi) is 6.77. The normalized spacial score (nSPS) is 15.1. The van der Waals surface area contributed by atoms with Crippen molar-refractivity contribution in [3.63, 3.8) is 0 Å². The quantitative estimate of drug-likeness (QED) is 0.324. The number of hydrogen-bond acceptors (Lipinski definition) is 5. The van der Waals surface area contributed by atoms with Crippen molar-refractivity contribution in [2.75, 3.05) is 18.1 Å². The Bertz CT molecular complexity index is 998. The molecule has 0 aliphatic carbocycles. The fourth-order valence-electron chi connectivity index (χ4n) is 3.03. The molecular formula is C23H23NO3S2. The van der Waals surface area contributed by atoms with E-state index in [2.05, 4.69) is 6.58 Å². The summed E-state index contributed by atoms with van der Waals surface area (Å²) in [5.74, 6) is 1.16. The number of anilines is 1. The van der Waals surface area contributed by atoms with Crippen molar-refractivity contribution >= 4 is 46.0 Å². The Balaban J connectivity index is 1.90. The van der Waals surface area contributed by atoms with E-state index in [0.29, 0.717) is 33.9 Å². The summed E-state index contributed by atoms with van der Waals surface area (Å²) in [5.41, 5.74) is 3.84. The first-order valence-electron chi connectivity index (χ1n) is 9.30. The van der Waals surface area contributed by atoms with Gasteiger partial charge in [0.25, 0.3) is 5.91 Å². The lowest BCUT2D eigenvalue weighted by Crippen LogP contribution is -2.28. The molecule has 1 aliphatic rings. The van der Waals surface area contributed by atoms with Gasteiger partial charge in [0.2, 0.25) is 0 Å². The summed E-state index contributed by atoms with van der Waals surface area (Å²) in [6.07, 6.45) is 3.52. The predicted molar refractivity (Wildman–Crippen MR) is 125 cm³/mol. The molecule has 2 aromatic carbocycles. The van der Waals surface area contributed by atoms with Crippen LogP contribution in [0.3, 0.4) is 0 Å². The number of amides is 1. The number of rotatable bonds is 7. The second-order valence-corrected chi connectivity index (χ2v) is 8.22. The zero-order valence-corrected chi connectivity index (χ0v) is 18.4. The summed E-state index contributed by atoms with van der Waals surface area (Å²) in [6.45, 7) is 10.5. The maximum absolute atomic E-state index is 13.1. The number of aryl methyl sites for hydroxylation is 2. The van der Waals surface area contributed by atoms with Crippen LogP contribution in [0.2, 0.25) is 0 Å². The summed E-state index contributed by atoms with van der Waals surface area (Å²) in [4.78, 5) is 15.2. The zero-order chi connectivity index (χ0) is 21.0. The second-order valence-electron chi connectivity index (χ2n) is 6.55. The van der Waals surface area contributed by atoms with Crippen LogP contribution < -0.4 is 14.4 Å². The van der Waals surface area contributed by atoms with E-state index in [1.165, 1.54) is 11.8 Å². The van der Waals surface area contributed by atoms with Gasteiger partial charge in [-0.15, -0.1) is 0 Å². The van der Waals surface area contributed by atoms with Crippen molar-refractivity contribution in [1.29, 1.82) is 0 Å². The molecule has 0 radical (unpaired) electrons. The molecule has 0 saturated carbocycles. The SMILES string of the molecule is C=CCOc1ccc(/C=C2\SC(=S)N(c3ccc(C)cc3C)C2=O)cc1OCC. The summed E-state index contributed by atoms with van der Waals surface area (Å²) in [6, 6.07) is 11.6. The Morgan fingerprint density at radius 1 is 1.14 bits per heavy atom. The molecule has 3 rings (SSSR count). The van der Waals surface area contributed by atoms with Crippen LogP contribution in [0, 0.1) is 13.8 Å². The standard InChI is InChI=1S/C23H23NO3S2/c1-5-11-27-19-10-8-17(13-20(19)26-6-2)14-21-22(25)24(23(28)29-21)18-9-7-15(3)12-16(18)4/h5,7-10,12-14H,1,6,11H2,2-4H3/b21-14-. The van der Waals surface area contributed by atoms with Gasteiger partial charge in [0.1, 0.15) is 6.61 Å². The number of thioether (sulfide) groups is 1. The molecule has 6 heteroatoms. The highest BCUT2D eigenvalue weighted by Crippen LogP contribution is 2.38. The number of benzene rings is 2. The molecule has 1 fully saturated rings. The van der Waals surface area contributed by atoms with Crippen LogP contribution in [0.15, 0.2) is 54.0 Å². The third-order valence-corrected chi connectivity index (χ3v) is 5.61. The first-order valence-corrected chi connectivity index (χ1v) is 10.5. The van der Waals surface area contributed by atoms with E-state index in [0.717, 1.165) is 22.4 Å². The topological polar surface area (TPSA) is 38.8 Å². The highest BCUT2D eigenvalue weighted by Gasteiger charge is 2.34. The van der Waals surface area contributed by atoms with E-state index in [1.54, 1.807) is 11.0 Å². The fourth-order valence-corrected chi connectivity index (χ4v) is 4.32. The highest BCUT2D eigenvalue weighted by atomic mass is 32.2. The number of thiocarbonyl (C=S) groups is 1. The first kappa shape index (κ1) is 21.1. The van der Waals surface area contributed by atoms with E-state index in [4.69, 9.17) is 21.7 Å². The maximum Gasteiger partial charge on any atom is 0.270 e. The van der Waals surface area contributed by atoms with E-state index >= 15 is 0 Å². The van der Waals surface area contributed by atoms with Gasteiger partial charge in [-0.05, 0) is 56.2 Å². The third-order valence-electron chi connectivity index (χ3n) is 4.31. The molecule has 0 atom stereocenters. The molecule has 4 nitrogen and oxygen atoms in total. The largest absolute Gasteiger partial charge is 0.490 e. The molecule has 0 bridgehead atoms. The average Bonchev–Trinajstić information content (AvgIpc) is 2.95. The van der Waals surface area contributed by atoms with Gasteiger partial charge in [-0.2, -0.15) is 0 Å². The van der Waals surface area contributed by atoms with Gasteiger partial charge in [0.05, 0.1) is 17.2 Å². The van der Waals surface area contributed by atoms with Crippen LogP contribution in [-0.2, 0) is 4.79 Å². The Morgan fingerprint density at radius 3 is 2.62 bits per heavy atom. The molecule has 1 saturated heterocycles. The van der Waals surface area contributed by atoms with Crippen LogP contribution >= 0.6 is 24.0 Å². The Hall–Kier alpha value is -2.57. The molecule has 1 amide bonds. The van der Waals surface area contributed by atoms with Crippen molar-refractivity contribution in [2.24, 2.45) is 0 Å². The molecule has 0 unspecified atom stereocenters. The van der Waals surface area contributed by atoms with Gasteiger partial charge in [-0.25, -0.2) is 0 Å². The van der Waals surface area contributed by atoms with E-state index < -0.39 is 0 Å². The smallest absolute Gasteiger partial charge is 0.270 e. The van der Waals surface area contributed by atoms with E-state index in [9.17, 15) is 4.79 Å².